The summed E-state index contributed by atoms with van der Waals surface area (Å²) >= 11 is 0. The van der Waals surface area contributed by atoms with Crippen LogP contribution in [0.4, 0.5) is 79.0 Å². The van der Waals surface area contributed by atoms with Gasteiger partial charge in [0.05, 0.1) is 67.4 Å². The molecule has 0 aliphatic heterocycles. The maximum Gasteiger partial charge on any atom is 0.417 e. The molecule has 0 saturated carbocycles. The second kappa shape index (κ2) is 38.1. The van der Waals surface area contributed by atoms with Crippen LogP contribution in [-0.2, 0) is 38.4 Å². The van der Waals surface area contributed by atoms with Crippen molar-refractivity contribution in [2.24, 2.45) is 0 Å². The van der Waals surface area contributed by atoms with E-state index >= 15 is 66.4 Å². The number of benzene rings is 13. The molecule has 0 amide bonds. The lowest BCUT2D eigenvalue weighted by molar-refractivity contribution is -0.142. The van der Waals surface area contributed by atoms with E-state index in [2.05, 4.69) is 44.9 Å². The van der Waals surface area contributed by atoms with Crippen molar-refractivity contribution in [1.29, 1.82) is 0 Å². The van der Waals surface area contributed by atoms with Crippen molar-refractivity contribution in [3.8, 4) is 127 Å². The van der Waals surface area contributed by atoms with E-state index in [-0.39, 0.29) is 80.4 Å². The summed E-state index contributed by atoms with van der Waals surface area (Å²) in [7, 11) is -16.0. The number of ether oxygens (including phenoxy) is 6. The first-order valence-electron chi connectivity index (χ1n) is 41.7. The Bertz CT molecular complexity index is 7900. The molecule has 0 aliphatic carbocycles. The molecule has 0 aliphatic rings. The van der Waals surface area contributed by atoms with Gasteiger partial charge in [0.2, 0.25) is 7.14 Å². The number of nitrogens with zero attached hydrogens (tertiary/aromatic N) is 9. The van der Waals surface area contributed by atoms with Crippen LogP contribution in [-0.4, -0.2) is 44.9 Å². The van der Waals surface area contributed by atoms with Gasteiger partial charge >= 0.3 is 60.8 Å². The minimum Gasteiger partial charge on any atom is -0.461 e. The minimum atomic E-state index is -7.07. The van der Waals surface area contributed by atoms with Crippen molar-refractivity contribution in [2.45, 2.75) is 38.6 Å². The standard InChI is InChI=1S/C101H58F18N9O11P3/c1-55-20-38-69(39-21-55)140(129,70-40-22-56(2)23-41-70)86-76(102)46-42-71(83(86)105)89-120-92(134-63-13-5-3-6-14-63)126-94(122-89)138-67-36-28-59(29-37-67)60-12-9-17-68(52-60)139-97-125-90(72-43-47-77(103)87(84(72)106)141(130,79-49-31-61(98(108,109)110)53-75(79)101(117,118)119)80-54-62(99(111,112)113)30-45-74(80)100(114,115)116)123-96(128-97)137-66-34-26-58(27-35-66)57-24-32-65(33-25-57)136-95-124-91(121-93(127-95)135-64-15-7-4-8-16-64)73-44-48-78(104)88(85(73)107)142(131,81-18-10-50-132-81)82-19-11-51-133-82/h3-54H,1-2H3. The molecule has 13 aromatic carbocycles. The highest BCUT2D eigenvalue weighted by Gasteiger charge is 2.52. The average molecular weight is 2010 g/mol. The summed E-state index contributed by atoms with van der Waals surface area (Å²) in [5.41, 5.74) is -9.46. The molecular weight excluding hydrogens is 1950 g/mol. The molecule has 5 heterocycles. The van der Waals surface area contributed by atoms with Crippen LogP contribution in [0, 0.1) is 48.8 Å². The van der Waals surface area contributed by atoms with Crippen LogP contribution in [0.1, 0.15) is 33.4 Å². The molecule has 18 rings (SSSR count). The van der Waals surface area contributed by atoms with Crippen molar-refractivity contribution < 1.29 is 130 Å². The van der Waals surface area contributed by atoms with Crippen molar-refractivity contribution in [3.63, 3.8) is 0 Å². The Labute approximate surface area is 790 Å². The Morgan fingerprint density at radius 3 is 0.951 bits per heavy atom. The lowest BCUT2D eigenvalue weighted by Gasteiger charge is -2.28. The molecular formula is C101H58F18N9O11P3. The molecule has 0 bridgehead atoms. The van der Waals surface area contributed by atoms with Crippen LogP contribution in [0.25, 0.3) is 56.4 Å². The third-order valence-corrected chi connectivity index (χ3v) is 30.9. The van der Waals surface area contributed by atoms with Gasteiger partial charge in [-0.25, -0.2) is 26.3 Å². The van der Waals surface area contributed by atoms with E-state index in [4.69, 9.17) is 37.3 Å². The quantitative estimate of drug-likeness (QED) is 0.0361. The fourth-order valence-electron chi connectivity index (χ4n) is 15.1. The predicted molar refractivity (Wildman–Crippen MR) is 485 cm³/mol. The fourth-order valence-corrected chi connectivity index (χ4v) is 23.4. The van der Waals surface area contributed by atoms with E-state index in [1.54, 1.807) is 105 Å². The molecule has 714 valence electrons. The maximum atomic E-state index is 18.4. The molecule has 1 atom stereocenters. The normalized spacial score (nSPS) is 12.5. The van der Waals surface area contributed by atoms with E-state index in [0.717, 1.165) is 47.9 Å². The van der Waals surface area contributed by atoms with E-state index in [1.807, 2.05) is 0 Å². The predicted octanol–water partition coefficient (Wildman–Crippen LogP) is 25.0. The van der Waals surface area contributed by atoms with Crippen LogP contribution >= 0.6 is 21.4 Å². The Balaban J connectivity index is 0.688. The van der Waals surface area contributed by atoms with Crippen molar-refractivity contribution >= 4 is 69.6 Å². The molecule has 0 N–H and O–H groups in total. The largest absolute Gasteiger partial charge is 0.461 e. The Morgan fingerprint density at radius 2 is 0.592 bits per heavy atom. The minimum absolute atomic E-state index is 0.0120. The van der Waals surface area contributed by atoms with Gasteiger partial charge in [0.15, 0.2) is 42.8 Å². The molecule has 5 aromatic heterocycles. The second-order valence-electron chi connectivity index (χ2n) is 31.1. The van der Waals surface area contributed by atoms with Crippen molar-refractivity contribution in [3.05, 3.63) is 384 Å². The second-order valence-corrected chi connectivity index (χ2v) is 39.0. The molecule has 20 nitrogen and oxygen atoms in total. The number of alkyl halides is 12. The highest BCUT2D eigenvalue weighted by atomic mass is 31.2. The topological polar surface area (TPSA) is 249 Å². The number of hydrogen-bond donors (Lipinski definition) is 0. The molecule has 0 radical (unpaired) electrons. The number of aromatic nitrogens is 9. The summed E-state index contributed by atoms with van der Waals surface area (Å²) in [5, 5.41) is -8.45. The molecule has 142 heavy (non-hydrogen) atoms. The van der Waals surface area contributed by atoms with Crippen LogP contribution in [0.15, 0.2) is 325 Å². The Hall–Kier alpha value is -16.3. The maximum absolute atomic E-state index is 18.4. The van der Waals surface area contributed by atoms with Gasteiger partial charge < -0.3 is 51.0 Å². The zero-order chi connectivity index (χ0) is 100. The first kappa shape index (κ1) is 96.0. The monoisotopic (exact) mass is 2010 g/mol. The third kappa shape index (κ3) is 19.5. The van der Waals surface area contributed by atoms with Gasteiger partial charge in [0.25, 0.3) is 0 Å². The first-order chi connectivity index (χ1) is 67.7. The molecule has 0 spiro atoms. The SMILES string of the molecule is Cc1ccc(P(=O)(c2ccc(C)cc2)c2c(F)ccc(-c3nc(Oc4ccccc4)nc(Oc4ccc(-c5cccc(Oc6nc(Oc7ccc(-c8ccc(Oc9nc(Oc%10ccccc%10)nc(-c%10ccc(F)c(P(=O)(c%11ccco%11)c%11ccco%11)c%10F)n9)cc8)cc7)nc(-c7ccc(F)c(P(=O)(c8ccc(C(F)(F)F)cc8C(F)(F)F)c8cc(C(F)(F)F)ccc8C(F)(F)F)c7F)n6)c5)cc4)n3)c2F)cc1. The summed E-state index contributed by atoms with van der Waals surface area (Å²) < 4.78 is 377. The summed E-state index contributed by atoms with van der Waals surface area (Å²) in [5.74, 6) is -11.9. The lowest BCUT2D eigenvalue weighted by atomic mass is 10.1. The van der Waals surface area contributed by atoms with Crippen LogP contribution < -0.4 is 76.6 Å². The van der Waals surface area contributed by atoms with Gasteiger partial charge in [-0.05, 0) is 206 Å². The van der Waals surface area contributed by atoms with Crippen LogP contribution in [0.5, 0.6) is 70.6 Å². The average Bonchev–Trinajstić information content (AvgIpc) is 1.00. The Morgan fingerprint density at radius 1 is 0.261 bits per heavy atom. The highest BCUT2D eigenvalue weighted by molar-refractivity contribution is 7.86. The number of halogens is 18. The van der Waals surface area contributed by atoms with Gasteiger partial charge in [-0.3, -0.25) is 0 Å². The van der Waals surface area contributed by atoms with E-state index < -0.39 is 218 Å². The molecule has 1 unspecified atom stereocenters. The summed E-state index contributed by atoms with van der Waals surface area (Å²) in [6.07, 6.45) is -21.5. The number of aryl methyl sites for hydroxylation is 2. The Kier molecular flexibility index (Phi) is 25.8. The van der Waals surface area contributed by atoms with Crippen molar-refractivity contribution in [1.82, 2.24) is 44.9 Å². The zero-order valence-electron chi connectivity index (χ0n) is 72.2. The number of hydrogen-bond acceptors (Lipinski definition) is 20. The van der Waals surface area contributed by atoms with Crippen molar-refractivity contribution in [2.75, 3.05) is 0 Å². The summed E-state index contributed by atoms with van der Waals surface area (Å²) in [4.78, 5) is 38.6. The first-order valence-corrected chi connectivity index (χ1v) is 46.8. The van der Waals surface area contributed by atoms with E-state index in [0.29, 0.717) is 28.3 Å². The van der Waals surface area contributed by atoms with Gasteiger partial charge in [-0.15, -0.1) is 15.0 Å². The smallest absolute Gasteiger partial charge is 0.417 e. The van der Waals surface area contributed by atoms with Gasteiger partial charge in [0, 0.05) is 21.2 Å². The van der Waals surface area contributed by atoms with Crippen LogP contribution in [0.2, 0.25) is 0 Å². The molecule has 0 saturated heterocycles. The number of rotatable bonds is 26. The summed E-state index contributed by atoms with van der Waals surface area (Å²) in [6.45, 7) is 3.57. The van der Waals surface area contributed by atoms with E-state index in [1.165, 1.54) is 140 Å². The van der Waals surface area contributed by atoms with E-state index in [9.17, 15) is 26.3 Å². The molecule has 18 aromatic rings. The molecule has 41 heteroatoms. The summed E-state index contributed by atoms with van der Waals surface area (Å²) in [6, 6.07) is 55.1. The van der Waals surface area contributed by atoms with Gasteiger partial charge in [0.1, 0.15) is 69.4 Å². The zero-order valence-corrected chi connectivity index (χ0v) is 74.9. The fraction of sp³-hybridized carbons (Fsp3) is 0.0594. The number of furan rings is 2. The highest BCUT2D eigenvalue weighted by Crippen LogP contribution is 2.55. The van der Waals surface area contributed by atoms with Crippen LogP contribution in [0.3, 0.4) is 0 Å². The third-order valence-electron chi connectivity index (χ3n) is 21.8. The number of para-hydroxylation sites is 2. The molecule has 0 fully saturated rings. The lowest BCUT2D eigenvalue weighted by Crippen LogP contribution is -2.37. The van der Waals surface area contributed by atoms with Gasteiger partial charge in [-0.2, -0.15) is 82.6 Å². The van der Waals surface area contributed by atoms with Gasteiger partial charge in [-0.1, -0.05) is 145 Å².